The summed E-state index contributed by atoms with van der Waals surface area (Å²) in [5, 5.41) is 28.4. The molecule has 0 atom stereocenters. The molecule has 0 unspecified atom stereocenters. The molecule has 1 heterocycles. The summed E-state index contributed by atoms with van der Waals surface area (Å²) in [7, 11) is 0. The Morgan fingerprint density at radius 2 is 1.89 bits per heavy atom. The summed E-state index contributed by atoms with van der Waals surface area (Å²) in [6, 6.07) is 0. The van der Waals surface area contributed by atoms with Crippen LogP contribution < -0.4 is 0 Å². The van der Waals surface area contributed by atoms with Crippen LogP contribution in [0.1, 0.15) is 19.2 Å². The smallest absolute Gasteiger partial charge is 0.317 e. The maximum absolute atomic E-state index is 10.6. The molecule has 0 saturated carbocycles. The van der Waals surface area contributed by atoms with Gasteiger partial charge in [0.25, 0.3) is 0 Å². The van der Waals surface area contributed by atoms with Gasteiger partial charge >= 0.3 is 11.9 Å². The summed E-state index contributed by atoms with van der Waals surface area (Å²) in [5.41, 5.74) is 0. The van der Waals surface area contributed by atoms with Gasteiger partial charge in [0, 0.05) is 6.54 Å². The molecule has 2 N–H and O–H groups in total. The number of hydrogen-bond donors (Lipinski definition) is 2. The summed E-state index contributed by atoms with van der Waals surface area (Å²) in [6.45, 7) is 1.91. The predicted molar refractivity (Wildman–Crippen MR) is 58.7 cm³/mol. The fraction of sp³-hybridized carbons (Fsp3) is 0.667. The SMILES string of the molecule is CCCn1nnnc1CN(CC(=O)O)CC(=O)O. The van der Waals surface area contributed by atoms with Crippen molar-refractivity contribution in [3.05, 3.63) is 5.82 Å². The van der Waals surface area contributed by atoms with Crippen molar-refractivity contribution < 1.29 is 19.8 Å². The van der Waals surface area contributed by atoms with Gasteiger partial charge in [0.15, 0.2) is 5.82 Å². The second-order valence-electron chi connectivity index (χ2n) is 3.75. The molecule has 1 aromatic rings. The minimum Gasteiger partial charge on any atom is -0.480 e. The van der Waals surface area contributed by atoms with E-state index in [0.29, 0.717) is 12.4 Å². The van der Waals surface area contributed by atoms with Crippen LogP contribution in [0.2, 0.25) is 0 Å². The van der Waals surface area contributed by atoms with Crippen molar-refractivity contribution >= 4 is 11.9 Å². The Kier molecular flexibility index (Phi) is 5.18. The summed E-state index contributed by atoms with van der Waals surface area (Å²) < 4.78 is 1.54. The Morgan fingerprint density at radius 1 is 1.28 bits per heavy atom. The van der Waals surface area contributed by atoms with Gasteiger partial charge in [0.2, 0.25) is 0 Å². The first-order valence-electron chi connectivity index (χ1n) is 5.44. The van der Waals surface area contributed by atoms with Gasteiger partial charge in [-0.2, -0.15) is 0 Å². The summed E-state index contributed by atoms with van der Waals surface area (Å²) in [5.74, 6) is -1.73. The number of tetrazole rings is 1. The van der Waals surface area contributed by atoms with E-state index in [-0.39, 0.29) is 19.6 Å². The van der Waals surface area contributed by atoms with Gasteiger partial charge in [-0.3, -0.25) is 14.5 Å². The van der Waals surface area contributed by atoms with E-state index in [1.54, 1.807) is 0 Å². The van der Waals surface area contributed by atoms with E-state index in [1.165, 1.54) is 9.58 Å². The van der Waals surface area contributed by atoms with Gasteiger partial charge in [-0.05, 0) is 16.8 Å². The minimum atomic E-state index is -1.09. The normalized spacial score (nSPS) is 10.8. The van der Waals surface area contributed by atoms with E-state index in [2.05, 4.69) is 15.5 Å². The quantitative estimate of drug-likeness (QED) is 0.611. The first-order valence-corrected chi connectivity index (χ1v) is 5.44. The maximum Gasteiger partial charge on any atom is 0.317 e. The number of carboxylic acids is 2. The van der Waals surface area contributed by atoms with E-state index in [0.717, 1.165) is 6.42 Å². The van der Waals surface area contributed by atoms with Crippen LogP contribution >= 0.6 is 0 Å². The molecule has 9 heteroatoms. The highest BCUT2D eigenvalue weighted by Crippen LogP contribution is 2.01. The fourth-order valence-electron chi connectivity index (χ4n) is 1.47. The molecular formula is C9H15N5O4. The predicted octanol–water partition coefficient (Wildman–Crippen LogP) is -0.946. The second kappa shape index (κ2) is 6.64. The number of aromatic nitrogens is 4. The molecule has 1 aromatic heterocycles. The Balaban J connectivity index is 2.71. The largest absolute Gasteiger partial charge is 0.480 e. The van der Waals surface area contributed by atoms with Crippen LogP contribution in [0.5, 0.6) is 0 Å². The van der Waals surface area contributed by atoms with Crippen molar-refractivity contribution in [2.75, 3.05) is 13.1 Å². The zero-order valence-corrected chi connectivity index (χ0v) is 9.98. The number of rotatable bonds is 8. The first-order chi connectivity index (χ1) is 8.52. The standard InChI is InChI=1S/C9H15N5O4/c1-2-3-14-7(10-11-12-14)4-13(5-8(15)16)6-9(17)18/h2-6H2,1H3,(H,15,16)(H,17,18). The Labute approximate surface area is 103 Å². The van der Waals surface area contributed by atoms with Gasteiger partial charge in [-0.1, -0.05) is 6.92 Å². The number of aryl methyl sites for hydroxylation is 1. The van der Waals surface area contributed by atoms with Crippen LogP contribution in [0.4, 0.5) is 0 Å². The maximum atomic E-state index is 10.6. The van der Waals surface area contributed by atoms with Crippen LogP contribution in [0, 0.1) is 0 Å². The highest BCUT2D eigenvalue weighted by atomic mass is 16.4. The molecule has 0 aliphatic rings. The molecular weight excluding hydrogens is 242 g/mol. The van der Waals surface area contributed by atoms with Gasteiger partial charge in [0.05, 0.1) is 19.6 Å². The molecule has 0 amide bonds. The number of aliphatic carboxylic acids is 2. The molecule has 0 saturated heterocycles. The van der Waals surface area contributed by atoms with Crippen molar-refractivity contribution in [1.29, 1.82) is 0 Å². The van der Waals surface area contributed by atoms with E-state index in [9.17, 15) is 9.59 Å². The molecule has 0 aromatic carbocycles. The highest BCUT2D eigenvalue weighted by molar-refractivity contribution is 5.72. The highest BCUT2D eigenvalue weighted by Gasteiger charge is 2.17. The average Bonchev–Trinajstić information content (AvgIpc) is 2.64. The van der Waals surface area contributed by atoms with Crippen molar-refractivity contribution in [2.45, 2.75) is 26.4 Å². The fourth-order valence-corrected chi connectivity index (χ4v) is 1.47. The number of hydrogen-bond acceptors (Lipinski definition) is 6. The molecule has 1 rings (SSSR count). The molecule has 18 heavy (non-hydrogen) atoms. The average molecular weight is 257 g/mol. The number of carbonyl (C=O) groups is 2. The van der Waals surface area contributed by atoms with E-state index >= 15 is 0 Å². The molecule has 0 aliphatic heterocycles. The molecule has 9 nitrogen and oxygen atoms in total. The van der Waals surface area contributed by atoms with Gasteiger partial charge in [0.1, 0.15) is 0 Å². The Bertz CT molecular complexity index is 403. The van der Waals surface area contributed by atoms with E-state index in [4.69, 9.17) is 10.2 Å². The lowest BCUT2D eigenvalue weighted by Crippen LogP contribution is -2.35. The molecule has 0 bridgehead atoms. The van der Waals surface area contributed by atoms with Crippen LogP contribution in [0.3, 0.4) is 0 Å². The van der Waals surface area contributed by atoms with E-state index in [1.807, 2.05) is 6.92 Å². The summed E-state index contributed by atoms with van der Waals surface area (Å²) in [6.07, 6.45) is 0.829. The first kappa shape index (κ1) is 14.0. The second-order valence-corrected chi connectivity index (χ2v) is 3.75. The molecule has 0 aliphatic carbocycles. The van der Waals surface area contributed by atoms with Gasteiger partial charge in [-0.15, -0.1) is 5.10 Å². The molecule has 0 fully saturated rings. The number of nitrogens with zero attached hydrogens (tertiary/aromatic N) is 5. The van der Waals surface area contributed by atoms with Crippen molar-refractivity contribution in [3.8, 4) is 0 Å². The van der Waals surface area contributed by atoms with Crippen molar-refractivity contribution in [2.24, 2.45) is 0 Å². The Morgan fingerprint density at radius 3 is 2.39 bits per heavy atom. The van der Waals surface area contributed by atoms with Crippen LogP contribution in [0.25, 0.3) is 0 Å². The number of carboxylic acid groups (broad SMARTS) is 2. The van der Waals surface area contributed by atoms with Crippen molar-refractivity contribution in [3.63, 3.8) is 0 Å². The zero-order valence-electron chi connectivity index (χ0n) is 9.98. The lowest BCUT2D eigenvalue weighted by atomic mass is 10.4. The third-order valence-electron chi connectivity index (χ3n) is 2.12. The monoisotopic (exact) mass is 257 g/mol. The summed E-state index contributed by atoms with van der Waals surface area (Å²) in [4.78, 5) is 22.5. The van der Waals surface area contributed by atoms with E-state index < -0.39 is 11.9 Å². The van der Waals surface area contributed by atoms with Crippen LogP contribution in [-0.2, 0) is 22.7 Å². The van der Waals surface area contributed by atoms with Gasteiger partial charge in [-0.25, -0.2) is 4.68 Å². The van der Waals surface area contributed by atoms with Crippen LogP contribution in [-0.4, -0.2) is 60.3 Å². The lowest BCUT2D eigenvalue weighted by molar-refractivity contribution is -0.142. The van der Waals surface area contributed by atoms with Gasteiger partial charge < -0.3 is 10.2 Å². The molecule has 0 spiro atoms. The molecule has 0 radical (unpaired) electrons. The minimum absolute atomic E-state index is 0.0889. The Hall–Kier alpha value is -2.03. The third kappa shape index (κ3) is 4.45. The zero-order chi connectivity index (χ0) is 13.5. The topological polar surface area (TPSA) is 121 Å². The lowest BCUT2D eigenvalue weighted by Gasteiger charge is -2.16. The summed E-state index contributed by atoms with van der Waals surface area (Å²) >= 11 is 0. The van der Waals surface area contributed by atoms with Crippen LogP contribution in [0.15, 0.2) is 0 Å². The van der Waals surface area contributed by atoms with Crippen molar-refractivity contribution in [1.82, 2.24) is 25.1 Å². The third-order valence-corrected chi connectivity index (χ3v) is 2.12. The molecule has 100 valence electrons.